The predicted octanol–water partition coefficient (Wildman–Crippen LogP) is 4.43. The molecule has 0 radical (unpaired) electrons. The van der Waals surface area contributed by atoms with Gasteiger partial charge in [-0.05, 0) is 54.8 Å². The maximum Gasteiger partial charge on any atom is 0.416 e. The number of rotatable bonds is 4. The number of aromatic nitrogens is 2. The van der Waals surface area contributed by atoms with Crippen LogP contribution >= 0.6 is 0 Å². The van der Waals surface area contributed by atoms with Crippen molar-refractivity contribution in [2.75, 3.05) is 22.5 Å². The minimum absolute atomic E-state index is 0.0805. The molecule has 2 heterocycles. The summed E-state index contributed by atoms with van der Waals surface area (Å²) in [4.78, 5) is 34.5. The lowest BCUT2D eigenvalue weighted by molar-refractivity contribution is -0.137. The molecule has 0 aliphatic carbocycles. The zero-order valence-corrected chi connectivity index (χ0v) is 17.6. The summed E-state index contributed by atoms with van der Waals surface area (Å²) >= 11 is 0. The Bertz CT molecular complexity index is 1230. The lowest BCUT2D eigenvalue weighted by atomic mass is 10.00. The van der Waals surface area contributed by atoms with Gasteiger partial charge in [-0.25, -0.2) is 9.97 Å². The molecule has 2 aromatic carbocycles. The van der Waals surface area contributed by atoms with Crippen LogP contribution in [0.5, 0.6) is 0 Å². The van der Waals surface area contributed by atoms with Gasteiger partial charge in [0.25, 0.3) is 5.91 Å². The van der Waals surface area contributed by atoms with E-state index in [4.69, 9.17) is 5.73 Å². The van der Waals surface area contributed by atoms with Gasteiger partial charge in [-0.1, -0.05) is 6.07 Å². The summed E-state index contributed by atoms with van der Waals surface area (Å²) in [5.41, 5.74) is 7.16. The molecule has 3 aromatic rings. The molecule has 0 saturated carbocycles. The Morgan fingerprint density at radius 3 is 2.48 bits per heavy atom. The number of benzene rings is 2. The number of amides is 2. The average molecular weight is 455 g/mol. The van der Waals surface area contributed by atoms with Crippen molar-refractivity contribution in [2.24, 2.45) is 0 Å². The van der Waals surface area contributed by atoms with Gasteiger partial charge >= 0.3 is 6.18 Å². The first-order chi connectivity index (χ1) is 15.6. The van der Waals surface area contributed by atoms with Crippen molar-refractivity contribution in [1.29, 1.82) is 0 Å². The van der Waals surface area contributed by atoms with Gasteiger partial charge in [-0.15, -0.1) is 0 Å². The summed E-state index contributed by atoms with van der Waals surface area (Å²) in [6, 6.07) is 7.86. The van der Waals surface area contributed by atoms with Crippen molar-refractivity contribution in [1.82, 2.24) is 9.97 Å². The zero-order valence-electron chi connectivity index (χ0n) is 17.6. The number of nitrogens with zero attached hydrogens (tertiary/aromatic N) is 3. The second-order valence-electron chi connectivity index (χ2n) is 7.69. The second kappa shape index (κ2) is 8.53. The van der Waals surface area contributed by atoms with Crippen molar-refractivity contribution in [3.8, 4) is 11.1 Å². The molecule has 4 rings (SSSR count). The first-order valence-corrected chi connectivity index (χ1v) is 10.1. The molecule has 1 saturated heterocycles. The summed E-state index contributed by atoms with van der Waals surface area (Å²) in [6.07, 6.45) is -0.649. The van der Waals surface area contributed by atoms with Gasteiger partial charge in [-0.3, -0.25) is 9.59 Å². The maximum absolute atomic E-state index is 13.3. The number of hydrogen-bond donors (Lipinski definition) is 2. The molecule has 1 aliphatic rings. The van der Waals surface area contributed by atoms with Gasteiger partial charge in [-0.2, -0.15) is 13.2 Å². The Hall–Kier alpha value is -3.95. The highest BCUT2D eigenvalue weighted by molar-refractivity contribution is 6.08. The van der Waals surface area contributed by atoms with Crippen molar-refractivity contribution in [2.45, 2.75) is 25.9 Å². The van der Waals surface area contributed by atoms with Crippen molar-refractivity contribution < 1.29 is 22.8 Å². The van der Waals surface area contributed by atoms with E-state index in [1.54, 1.807) is 18.2 Å². The summed E-state index contributed by atoms with van der Waals surface area (Å²) in [6.45, 7) is 2.22. The Balaban J connectivity index is 1.70. The molecule has 0 spiro atoms. The van der Waals surface area contributed by atoms with Crippen LogP contribution in [0.3, 0.4) is 0 Å². The number of nitrogens with one attached hydrogen (secondary N) is 1. The van der Waals surface area contributed by atoms with Gasteiger partial charge in [0.1, 0.15) is 0 Å². The van der Waals surface area contributed by atoms with Crippen LogP contribution in [0, 0.1) is 6.92 Å². The molecule has 33 heavy (non-hydrogen) atoms. The molecule has 3 N–H and O–H groups in total. The molecule has 7 nitrogen and oxygen atoms in total. The van der Waals surface area contributed by atoms with Crippen LogP contribution in [0.4, 0.5) is 30.5 Å². The van der Waals surface area contributed by atoms with Crippen LogP contribution in [-0.4, -0.2) is 28.3 Å². The number of alkyl halides is 3. The molecule has 1 aromatic heterocycles. The van der Waals surface area contributed by atoms with E-state index < -0.39 is 17.6 Å². The average Bonchev–Trinajstić information content (AvgIpc) is 3.19. The van der Waals surface area contributed by atoms with E-state index in [1.807, 2.05) is 6.92 Å². The third-order valence-corrected chi connectivity index (χ3v) is 5.42. The van der Waals surface area contributed by atoms with Crippen LogP contribution in [0.1, 0.15) is 34.3 Å². The van der Waals surface area contributed by atoms with Gasteiger partial charge < -0.3 is 16.0 Å². The monoisotopic (exact) mass is 455 g/mol. The first kappa shape index (κ1) is 22.3. The number of aryl methyl sites for hydroxylation is 1. The quantitative estimate of drug-likeness (QED) is 0.606. The van der Waals surface area contributed by atoms with Gasteiger partial charge in [0.2, 0.25) is 11.9 Å². The van der Waals surface area contributed by atoms with Gasteiger partial charge in [0.05, 0.1) is 16.9 Å². The van der Waals surface area contributed by atoms with Crippen LogP contribution in [-0.2, 0) is 11.0 Å². The topological polar surface area (TPSA) is 101 Å². The summed E-state index contributed by atoms with van der Waals surface area (Å²) in [5.74, 6) is -0.704. The van der Waals surface area contributed by atoms with Crippen molar-refractivity contribution in [3.63, 3.8) is 0 Å². The number of anilines is 3. The number of carbonyl (C=O) groups is 2. The highest BCUT2D eigenvalue weighted by atomic mass is 19.4. The Labute approximate surface area is 187 Å². The predicted molar refractivity (Wildman–Crippen MR) is 118 cm³/mol. The lowest BCUT2D eigenvalue weighted by Gasteiger charge is -2.21. The van der Waals surface area contributed by atoms with Crippen LogP contribution < -0.4 is 16.0 Å². The van der Waals surface area contributed by atoms with E-state index in [0.717, 1.165) is 17.7 Å². The fraction of sp³-hybridized carbons (Fsp3) is 0.217. The largest absolute Gasteiger partial charge is 0.416 e. The fourth-order valence-electron chi connectivity index (χ4n) is 3.70. The molecule has 10 heteroatoms. The van der Waals surface area contributed by atoms with Crippen LogP contribution in [0.15, 0.2) is 48.8 Å². The van der Waals surface area contributed by atoms with Crippen molar-refractivity contribution >= 4 is 29.1 Å². The molecule has 1 aliphatic heterocycles. The van der Waals surface area contributed by atoms with E-state index in [2.05, 4.69) is 15.3 Å². The maximum atomic E-state index is 13.3. The van der Waals surface area contributed by atoms with Crippen LogP contribution in [0.2, 0.25) is 0 Å². The molecule has 1 fully saturated rings. The fourth-order valence-corrected chi connectivity index (χ4v) is 3.70. The molecule has 0 unspecified atom stereocenters. The molecular weight excluding hydrogens is 435 g/mol. The third kappa shape index (κ3) is 4.64. The number of nitrogen functional groups attached to an aromatic ring is 1. The Kier molecular flexibility index (Phi) is 5.75. The number of hydrogen-bond acceptors (Lipinski definition) is 5. The summed E-state index contributed by atoms with van der Waals surface area (Å²) in [5, 5.41) is 2.56. The standard InChI is InChI=1S/C23H20F3N5O2/c1-13-4-5-14(9-17(13)15-11-28-22(27)29-12-15)21(33)30-18-10-16(23(24,25)26)6-7-19(18)31-8-2-3-20(31)32/h4-7,9-12H,2-3,8H2,1H3,(H,30,33)(H2,27,28,29). The molecular formula is C23H20F3N5O2. The molecule has 170 valence electrons. The minimum Gasteiger partial charge on any atom is -0.368 e. The number of halogens is 3. The van der Waals surface area contributed by atoms with Crippen molar-refractivity contribution in [3.05, 3.63) is 65.5 Å². The lowest BCUT2D eigenvalue weighted by Crippen LogP contribution is -2.26. The van der Waals surface area contributed by atoms with Gasteiger partial charge in [0.15, 0.2) is 0 Å². The van der Waals surface area contributed by atoms with Gasteiger partial charge in [0, 0.05) is 36.5 Å². The number of carbonyl (C=O) groups excluding carboxylic acids is 2. The Morgan fingerprint density at radius 2 is 1.85 bits per heavy atom. The van der Waals surface area contributed by atoms with E-state index in [0.29, 0.717) is 30.5 Å². The highest BCUT2D eigenvalue weighted by Crippen LogP contribution is 2.37. The normalized spacial score (nSPS) is 13.9. The summed E-state index contributed by atoms with van der Waals surface area (Å²) < 4.78 is 39.9. The third-order valence-electron chi connectivity index (χ3n) is 5.42. The number of nitrogens with two attached hydrogens (primary N) is 1. The van der Waals surface area contributed by atoms with Crippen LogP contribution in [0.25, 0.3) is 11.1 Å². The summed E-state index contributed by atoms with van der Waals surface area (Å²) in [7, 11) is 0. The van der Waals surface area contributed by atoms with E-state index in [9.17, 15) is 22.8 Å². The highest BCUT2D eigenvalue weighted by Gasteiger charge is 2.33. The van der Waals surface area contributed by atoms with E-state index >= 15 is 0 Å². The molecule has 0 bridgehead atoms. The first-order valence-electron chi connectivity index (χ1n) is 10.1. The Morgan fingerprint density at radius 1 is 1.12 bits per heavy atom. The molecule has 2 amide bonds. The smallest absolute Gasteiger partial charge is 0.368 e. The minimum atomic E-state index is -4.60. The zero-order chi connectivity index (χ0) is 23.8. The molecule has 0 atom stereocenters. The van der Waals surface area contributed by atoms with E-state index in [1.165, 1.54) is 23.4 Å². The van der Waals surface area contributed by atoms with E-state index in [-0.39, 0.29) is 28.8 Å². The second-order valence-corrected chi connectivity index (χ2v) is 7.69. The SMILES string of the molecule is Cc1ccc(C(=O)Nc2cc(C(F)(F)F)ccc2N2CCCC2=O)cc1-c1cnc(N)nc1.